The van der Waals surface area contributed by atoms with Gasteiger partial charge in [0, 0.05) is 18.2 Å². The van der Waals surface area contributed by atoms with Gasteiger partial charge in [0.2, 0.25) is 5.91 Å². The molecule has 0 aliphatic heterocycles. The van der Waals surface area contributed by atoms with Crippen molar-refractivity contribution >= 4 is 17.7 Å². The van der Waals surface area contributed by atoms with Crippen LogP contribution >= 0.6 is 11.8 Å². The summed E-state index contributed by atoms with van der Waals surface area (Å²) in [7, 11) is 1.65. The molecule has 7 heteroatoms. The zero-order valence-corrected chi connectivity index (χ0v) is 18.8. The first-order valence-electron chi connectivity index (χ1n) is 10.5. The molecule has 1 N–H and O–H groups in total. The molecule has 0 radical (unpaired) electrons. The van der Waals surface area contributed by atoms with E-state index in [0.29, 0.717) is 11.8 Å². The number of aromatic nitrogens is 3. The summed E-state index contributed by atoms with van der Waals surface area (Å²) < 4.78 is 7.29. The van der Waals surface area contributed by atoms with Gasteiger partial charge in [-0.1, -0.05) is 38.5 Å². The molecule has 1 fully saturated rings. The molecule has 0 saturated heterocycles. The highest BCUT2D eigenvalue weighted by Gasteiger charge is 2.30. The van der Waals surface area contributed by atoms with Crippen molar-refractivity contribution < 1.29 is 9.53 Å². The number of thioether (sulfide) groups is 1. The topological polar surface area (TPSA) is 69.0 Å². The summed E-state index contributed by atoms with van der Waals surface area (Å²) in [6.45, 7) is 9.28. The fourth-order valence-electron chi connectivity index (χ4n) is 3.91. The molecule has 1 heterocycles. The van der Waals surface area contributed by atoms with Gasteiger partial charge in [-0.2, -0.15) is 0 Å². The number of amides is 1. The van der Waals surface area contributed by atoms with E-state index in [1.54, 1.807) is 7.11 Å². The third-order valence-corrected chi connectivity index (χ3v) is 7.15. The van der Waals surface area contributed by atoms with E-state index in [1.165, 1.54) is 24.6 Å². The SMILES string of the molecule is CCn1c(S[C@@H](C)C(=O)N[C@H]2CCC[C@H](C)[C@@H]2C)nnc1-c1ccc(OC)cc1. The minimum atomic E-state index is -0.224. The lowest BCUT2D eigenvalue weighted by atomic mass is 9.78. The first-order chi connectivity index (χ1) is 13.9. The lowest BCUT2D eigenvalue weighted by Crippen LogP contribution is -2.46. The van der Waals surface area contributed by atoms with Gasteiger partial charge in [0.05, 0.1) is 12.4 Å². The first-order valence-corrected chi connectivity index (χ1v) is 11.4. The third-order valence-electron chi connectivity index (χ3n) is 6.07. The Kier molecular flexibility index (Phi) is 7.22. The Morgan fingerprint density at radius 1 is 1.28 bits per heavy atom. The summed E-state index contributed by atoms with van der Waals surface area (Å²) >= 11 is 1.47. The van der Waals surface area contributed by atoms with Crippen LogP contribution in [0.15, 0.2) is 29.4 Å². The molecule has 0 unspecified atom stereocenters. The molecule has 6 nitrogen and oxygen atoms in total. The Bertz CT molecular complexity index is 821. The Morgan fingerprint density at radius 2 is 2.00 bits per heavy atom. The van der Waals surface area contributed by atoms with Crippen LogP contribution in [0.3, 0.4) is 0 Å². The average Bonchev–Trinajstić information content (AvgIpc) is 3.13. The van der Waals surface area contributed by atoms with Crippen molar-refractivity contribution in [3.63, 3.8) is 0 Å². The van der Waals surface area contributed by atoms with Crippen molar-refractivity contribution in [2.45, 2.75) is 70.0 Å². The van der Waals surface area contributed by atoms with Gasteiger partial charge >= 0.3 is 0 Å². The molecule has 4 atom stereocenters. The summed E-state index contributed by atoms with van der Waals surface area (Å²) in [5.41, 5.74) is 0.981. The largest absolute Gasteiger partial charge is 0.497 e. The Balaban J connectivity index is 1.69. The van der Waals surface area contributed by atoms with Crippen molar-refractivity contribution in [2.24, 2.45) is 11.8 Å². The molecule has 1 saturated carbocycles. The summed E-state index contributed by atoms with van der Waals surface area (Å²) in [5, 5.41) is 12.6. The molecule has 1 aromatic carbocycles. The summed E-state index contributed by atoms with van der Waals surface area (Å²) in [6.07, 6.45) is 3.51. The van der Waals surface area contributed by atoms with Crippen LogP contribution in [0.1, 0.15) is 47.0 Å². The van der Waals surface area contributed by atoms with Crippen LogP contribution < -0.4 is 10.1 Å². The molecule has 0 spiro atoms. The number of nitrogens with one attached hydrogen (secondary N) is 1. The number of carbonyl (C=O) groups excluding carboxylic acids is 1. The van der Waals surface area contributed by atoms with E-state index < -0.39 is 0 Å². The quantitative estimate of drug-likeness (QED) is 0.678. The highest BCUT2D eigenvalue weighted by molar-refractivity contribution is 8.00. The molecule has 1 aromatic heterocycles. The van der Waals surface area contributed by atoms with Gasteiger partial charge < -0.3 is 14.6 Å². The lowest BCUT2D eigenvalue weighted by Gasteiger charge is -2.35. The fraction of sp³-hybridized carbons (Fsp3) is 0.591. The molecule has 158 valence electrons. The van der Waals surface area contributed by atoms with Crippen LogP contribution in [0.25, 0.3) is 11.4 Å². The number of hydrogen-bond donors (Lipinski definition) is 1. The smallest absolute Gasteiger partial charge is 0.233 e. The van der Waals surface area contributed by atoms with Crippen molar-refractivity contribution in [3.8, 4) is 17.1 Å². The van der Waals surface area contributed by atoms with E-state index >= 15 is 0 Å². The van der Waals surface area contributed by atoms with Gasteiger partial charge in [-0.25, -0.2) is 0 Å². The third kappa shape index (κ3) is 4.94. The van der Waals surface area contributed by atoms with E-state index in [2.05, 4.69) is 40.9 Å². The molecule has 29 heavy (non-hydrogen) atoms. The predicted molar refractivity (Wildman–Crippen MR) is 117 cm³/mol. The number of rotatable bonds is 7. The monoisotopic (exact) mass is 416 g/mol. The highest BCUT2D eigenvalue weighted by atomic mass is 32.2. The van der Waals surface area contributed by atoms with Gasteiger partial charge in [0.25, 0.3) is 0 Å². The second-order valence-electron chi connectivity index (χ2n) is 7.92. The van der Waals surface area contributed by atoms with Gasteiger partial charge in [0.1, 0.15) is 5.75 Å². The van der Waals surface area contributed by atoms with Gasteiger partial charge in [-0.05, 0) is 56.4 Å². The summed E-state index contributed by atoms with van der Waals surface area (Å²) in [4.78, 5) is 12.8. The number of carbonyl (C=O) groups is 1. The van der Waals surface area contributed by atoms with Crippen molar-refractivity contribution in [1.29, 1.82) is 0 Å². The minimum absolute atomic E-state index is 0.0811. The maximum atomic E-state index is 12.8. The minimum Gasteiger partial charge on any atom is -0.497 e. The number of nitrogens with zero attached hydrogens (tertiary/aromatic N) is 3. The lowest BCUT2D eigenvalue weighted by molar-refractivity contribution is -0.121. The zero-order valence-electron chi connectivity index (χ0n) is 18.0. The number of hydrogen-bond acceptors (Lipinski definition) is 5. The van der Waals surface area contributed by atoms with Crippen molar-refractivity contribution in [2.75, 3.05) is 7.11 Å². The molecular weight excluding hydrogens is 384 g/mol. The maximum absolute atomic E-state index is 12.8. The standard InChI is InChI=1S/C22H32N4O2S/c1-6-26-20(17-10-12-18(28-5)13-11-17)24-25-22(26)29-16(4)21(27)23-19-9-7-8-14(2)15(19)3/h10-16,19H,6-9H2,1-5H3,(H,23,27)/t14-,15-,16-,19-/m0/s1. The Hall–Kier alpha value is -2.02. The maximum Gasteiger partial charge on any atom is 0.233 e. The highest BCUT2D eigenvalue weighted by Crippen LogP contribution is 2.31. The first kappa shape index (κ1) is 21.7. The molecule has 1 aliphatic carbocycles. The van der Waals surface area contributed by atoms with Gasteiger partial charge in [0.15, 0.2) is 11.0 Å². The van der Waals surface area contributed by atoms with E-state index in [-0.39, 0.29) is 17.2 Å². The van der Waals surface area contributed by atoms with Crippen LogP contribution in [-0.2, 0) is 11.3 Å². The van der Waals surface area contributed by atoms with E-state index in [9.17, 15) is 4.79 Å². The summed E-state index contributed by atoms with van der Waals surface area (Å²) in [5.74, 6) is 2.87. The molecule has 3 rings (SSSR count). The van der Waals surface area contributed by atoms with Crippen molar-refractivity contribution in [1.82, 2.24) is 20.1 Å². The van der Waals surface area contributed by atoms with Crippen LogP contribution in [0.4, 0.5) is 0 Å². The van der Waals surface area contributed by atoms with Crippen LogP contribution in [0.5, 0.6) is 5.75 Å². The van der Waals surface area contributed by atoms with Crippen LogP contribution in [0.2, 0.25) is 0 Å². The zero-order chi connectivity index (χ0) is 21.0. The average molecular weight is 417 g/mol. The van der Waals surface area contributed by atoms with E-state index in [0.717, 1.165) is 35.3 Å². The van der Waals surface area contributed by atoms with Crippen LogP contribution in [0, 0.1) is 11.8 Å². The molecular formula is C22H32N4O2S. The Labute approximate surface area is 177 Å². The second-order valence-corrected chi connectivity index (χ2v) is 9.23. The molecule has 0 bridgehead atoms. The fourth-order valence-corrected chi connectivity index (χ4v) is 4.83. The van der Waals surface area contributed by atoms with Gasteiger partial charge in [-0.15, -0.1) is 10.2 Å². The number of ether oxygens (including phenoxy) is 1. The second kappa shape index (κ2) is 9.65. The van der Waals surface area contributed by atoms with Gasteiger partial charge in [-0.3, -0.25) is 4.79 Å². The van der Waals surface area contributed by atoms with E-state index in [4.69, 9.17) is 4.74 Å². The summed E-state index contributed by atoms with van der Waals surface area (Å²) in [6, 6.07) is 8.06. The van der Waals surface area contributed by atoms with Crippen molar-refractivity contribution in [3.05, 3.63) is 24.3 Å². The molecule has 2 aromatic rings. The van der Waals surface area contributed by atoms with Crippen LogP contribution in [-0.4, -0.2) is 39.1 Å². The number of methoxy groups -OCH3 is 1. The normalized spacial score (nSPS) is 22.9. The number of benzene rings is 1. The molecule has 1 amide bonds. The predicted octanol–water partition coefficient (Wildman–Crippen LogP) is 4.40. The van der Waals surface area contributed by atoms with E-state index in [1.807, 2.05) is 31.2 Å². The Morgan fingerprint density at radius 3 is 2.66 bits per heavy atom. The molecule has 1 aliphatic rings.